The first-order chi connectivity index (χ1) is 16.5. The van der Waals surface area contributed by atoms with Gasteiger partial charge in [0.2, 0.25) is 0 Å². The van der Waals surface area contributed by atoms with E-state index < -0.39 is 0 Å². The van der Waals surface area contributed by atoms with Crippen molar-refractivity contribution >= 4 is 11.0 Å². The fourth-order valence-corrected chi connectivity index (χ4v) is 4.87. The van der Waals surface area contributed by atoms with Crippen LogP contribution in [0.1, 0.15) is 128 Å². The third kappa shape index (κ3) is 7.07. The van der Waals surface area contributed by atoms with E-state index in [1.807, 2.05) is 24.3 Å². The predicted octanol–water partition coefficient (Wildman–Crippen LogP) is 9.05. The van der Waals surface area contributed by atoms with Gasteiger partial charge in [0.25, 0.3) is 0 Å². The quantitative estimate of drug-likeness (QED) is 0.229. The van der Waals surface area contributed by atoms with Gasteiger partial charge in [-0.15, -0.1) is 15.0 Å². The van der Waals surface area contributed by atoms with Crippen molar-refractivity contribution in [1.82, 2.24) is 15.0 Å². The van der Waals surface area contributed by atoms with Crippen molar-refractivity contribution in [3.63, 3.8) is 0 Å². The van der Waals surface area contributed by atoms with Gasteiger partial charge in [0, 0.05) is 0 Å². The molecule has 0 radical (unpaired) electrons. The van der Waals surface area contributed by atoms with Crippen LogP contribution in [-0.4, -0.2) is 20.1 Å². The number of benzene rings is 2. The minimum Gasteiger partial charge on any atom is -0.505 e. The summed E-state index contributed by atoms with van der Waals surface area (Å²) in [5.74, 6) is 1.09. The lowest BCUT2D eigenvalue weighted by atomic mass is 9.87. The van der Waals surface area contributed by atoms with Crippen molar-refractivity contribution in [2.75, 3.05) is 0 Å². The van der Waals surface area contributed by atoms with Gasteiger partial charge in [0.05, 0.1) is 0 Å². The summed E-state index contributed by atoms with van der Waals surface area (Å²) in [6.07, 6.45) is 15.1. The SMILES string of the molecule is CCCCCCCC(C)c1cc(C(C)CCCCCCC)c(O)c(-n2nc3ccccc3n2)c1. The van der Waals surface area contributed by atoms with Crippen LogP contribution in [0.2, 0.25) is 0 Å². The van der Waals surface area contributed by atoms with Crippen molar-refractivity contribution in [2.24, 2.45) is 0 Å². The second-order valence-electron chi connectivity index (χ2n) is 10.2. The summed E-state index contributed by atoms with van der Waals surface area (Å²) >= 11 is 0. The van der Waals surface area contributed by atoms with Crippen molar-refractivity contribution in [1.29, 1.82) is 0 Å². The summed E-state index contributed by atoms with van der Waals surface area (Å²) in [6.45, 7) is 9.10. The molecule has 0 fully saturated rings. The van der Waals surface area contributed by atoms with E-state index in [1.54, 1.807) is 4.80 Å². The maximum absolute atomic E-state index is 11.4. The third-order valence-corrected chi connectivity index (χ3v) is 7.23. The number of hydrogen-bond acceptors (Lipinski definition) is 3. The van der Waals surface area contributed by atoms with Gasteiger partial charge in [-0.1, -0.05) is 110 Å². The predicted molar refractivity (Wildman–Crippen MR) is 144 cm³/mol. The zero-order chi connectivity index (χ0) is 24.3. The summed E-state index contributed by atoms with van der Waals surface area (Å²) in [5, 5.41) is 20.7. The van der Waals surface area contributed by atoms with Gasteiger partial charge in [-0.2, -0.15) is 0 Å². The average molecular weight is 464 g/mol. The first-order valence-electron chi connectivity index (χ1n) is 13.7. The summed E-state index contributed by atoms with van der Waals surface area (Å²) < 4.78 is 0. The minimum absolute atomic E-state index is 0.307. The Labute approximate surface area is 206 Å². The van der Waals surface area contributed by atoms with E-state index in [2.05, 4.69) is 50.0 Å². The Morgan fingerprint density at radius 3 is 1.82 bits per heavy atom. The Kier molecular flexibility index (Phi) is 10.4. The molecule has 0 aliphatic heterocycles. The molecule has 0 amide bonds. The van der Waals surface area contributed by atoms with Crippen LogP contribution in [0.5, 0.6) is 5.75 Å². The first kappa shape index (κ1) is 26.2. The molecule has 0 bridgehead atoms. The number of rotatable bonds is 15. The first-order valence-corrected chi connectivity index (χ1v) is 13.7. The summed E-state index contributed by atoms with van der Waals surface area (Å²) in [5.41, 5.74) is 4.74. The molecule has 2 atom stereocenters. The lowest BCUT2D eigenvalue weighted by molar-refractivity contribution is 0.449. The van der Waals surface area contributed by atoms with Crippen LogP contribution < -0.4 is 0 Å². The highest BCUT2D eigenvalue weighted by Crippen LogP contribution is 2.38. The van der Waals surface area contributed by atoms with Gasteiger partial charge in [-0.3, -0.25) is 0 Å². The van der Waals surface area contributed by atoms with Crippen LogP contribution in [0.3, 0.4) is 0 Å². The molecule has 4 nitrogen and oxygen atoms in total. The van der Waals surface area contributed by atoms with E-state index in [0.717, 1.165) is 23.0 Å². The van der Waals surface area contributed by atoms with E-state index in [9.17, 15) is 5.11 Å². The minimum atomic E-state index is 0.307. The number of nitrogens with zero attached hydrogens (tertiary/aromatic N) is 3. The van der Waals surface area contributed by atoms with Gasteiger partial charge in [-0.25, -0.2) is 0 Å². The van der Waals surface area contributed by atoms with Gasteiger partial charge in [-0.05, 0) is 54.0 Å². The topological polar surface area (TPSA) is 50.9 Å². The van der Waals surface area contributed by atoms with E-state index in [4.69, 9.17) is 0 Å². The fourth-order valence-electron chi connectivity index (χ4n) is 4.87. The normalized spacial score (nSPS) is 13.4. The Balaban J connectivity index is 1.86. The monoisotopic (exact) mass is 463 g/mol. The van der Waals surface area contributed by atoms with Crippen LogP contribution >= 0.6 is 0 Å². The highest BCUT2D eigenvalue weighted by atomic mass is 16.3. The molecular weight excluding hydrogens is 418 g/mol. The highest BCUT2D eigenvalue weighted by molar-refractivity contribution is 5.73. The smallest absolute Gasteiger partial charge is 0.146 e. The Morgan fingerprint density at radius 2 is 1.26 bits per heavy atom. The van der Waals surface area contributed by atoms with E-state index in [1.165, 1.54) is 76.2 Å². The van der Waals surface area contributed by atoms with Crippen molar-refractivity contribution in [3.8, 4) is 11.4 Å². The Morgan fingerprint density at radius 1 is 0.735 bits per heavy atom. The molecule has 0 aliphatic rings. The molecule has 0 aliphatic carbocycles. The molecule has 1 heterocycles. The van der Waals surface area contributed by atoms with Gasteiger partial charge in [0.1, 0.15) is 22.5 Å². The second-order valence-corrected chi connectivity index (χ2v) is 10.2. The number of aromatic hydroxyl groups is 1. The molecule has 186 valence electrons. The van der Waals surface area contributed by atoms with Crippen molar-refractivity contribution in [3.05, 3.63) is 47.5 Å². The highest BCUT2D eigenvalue weighted by Gasteiger charge is 2.20. The molecule has 2 unspecified atom stereocenters. The number of phenolic OH excluding ortho intramolecular Hbond substituents is 1. The number of fused-ring (bicyclic) bond motifs is 1. The molecule has 0 saturated carbocycles. The Hall–Kier alpha value is -2.36. The number of unbranched alkanes of at least 4 members (excludes halogenated alkanes) is 8. The zero-order valence-corrected chi connectivity index (χ0v) is 21.9. The molecule has 0 saturated heterocycles. The molecule has 3 rings (SSSR count). The number of aromatic nitrogens is 3. The van der Waals surface area contributed by atoms with Crippen LogP contribution in [0, 0.1) is 0 Å². The molecule has 1 aromatic heterocycles. The van der Waals surface area contributed by atoms with Crippen molar-refractivity contribution < 1.29 is 5.11 Å². The summed E-state index contributed by atoms with van der Waals surface area (Å²) in [6, 6.07) is 12.3. The third-order valence-electron chi connectivity index (χ3n) is 7.23. The number of hydrogen-bond donors (Lipinski definition) is 1. The van der Waals surface area contributed by atoms with E-state index in [0.29, 0.717) is 23.3 Å². The largest absolute Gasteiger partial charge is 0.505 e. The van der Waals surface area contributed by atoms with E-state index >= 15 is 0 Å². The van der Waals surface area contributed by atoms with E-state index in [-0.39, 0.29) is 0 Å². The lowest BCUT2D eigenvalue weighted by Gasteiger charge is -2.20. The van der Waals surface area contributed by atoms with Crippen LogP contribution in [0.15, 0.2) is 36.4 Å². The zero-order valence-electron chi connectivity index (χ0n) is 21.9. The lowest BCUT2D eigenvalue weighted by Crippen LogP contribution is -2.06. The molecule has 2 aromatic carbocycles. The van der Waals surface area contributed by atoms with Crippen molar-refractivity contribution in [2.45, 2.75) is 117 Å². The Bertz CT molecular complexity index is 976. The molecule has 4 heteroatoms. The van der Waals surface area contributed by atoms with Crippen LogP contribution in [-0.2, 0) is 0 Å². The summed E-state index contributed by atoms with van der Waals surface area (Å²) in [4.78, 5) is 1.63. The maximum Gasteiger partial charge on any atom is 0.146 e. The van der Waals surface area contributed by atoms with Crippen LogP contribution in [0.25, 0.3) is 16.7 Å². The molecule has 0 spiro atoms. The molecule has 1 N–H and O–H groups in total. The molecule has 34 heavy (non-hydrogen) atoms. The maximum atomic E-state index is 11.4. The second kappa shape index (κ2) is 13.5. The summed E-state index contributed by atoms with van der Waals surface area (Å²) in [7, 11) is 0. The number of phenols is 1. The molecular formula is C30H45N3O. The fraction of sp³-hybridized carbons (Fsp3) is 0.600. The van der Waals surface area contributed by atoms with Gasteiger partial charge < -0.3 is 5.11 Å². The standard InChI is InChI=1S/C30H45N3O/c1-5-7-9-11-13-17-23(3)25-21-26(24(4)18-14-12-10-8-6-2)30(34)29(22-25)33-31-27-19-15-16-20-28(27)32-33/h15-16,19-24,34H,5-14,17-18H2,1-4H3. The average Bonchev–Trinajstić information content (AvgIpc) is 3.27. The molecule has 3 aromatic rings. The van der Waals surface area contributed by atoms with Gasteiger partial charge >= 0.3 is 0 Å². The van der Waals surface area contributed by atoms with Gasteiger partial charge in [0.15, 0.2) is 0 Å². The van der Waals surface area contributed by atoms with Crippen LogP contribution in [0.4, 0.5) is 0 Å².